The summed E-state index contributed by atoms with van der Waals surface area (Å²) in [5.74, 6) is -5.21. The van der Waals surface area contributed by atoms with Gasteiger partial charge >= 0.3 is 11.9 Å². The summed E-state index contributed by atoms with van der Waals surface area (Å²) in [6, 6.07) is 3.16. The fourth-order valence-corrected chi connectivity index (χ4v) is 6.34. The number of rotatable bonds is 5. The van der Waals surface area contributed by atoms with Crippen molar-refractivity contribution in [3.8, 4) is 16.9 Å². The van der Waals surface area contributed by atoms with E-state index < -0.39 is 78.5 Å². The third kappa shape index (κ3) is 5.70. The quantitative estimate of drug-likeness (QED) is 0.228. The van der Waals surface area contributed by atoms with Crippen LogP contribution in [-0.4, -0.2) is 70.7 Å². The van der Waals surface area contributed by atoms with Gasteiger partial charge in [0, 0.05) is 38.1 Å². The second kappa shape index (κ2) is 11.5. The number of piperazine rings is 1. The van der Waals surface area contributed by atoms with Gasteiger partial charge in [-0.2, -0.15) is 18.2 Å². The van der Waals surface area contributed by atoms with Crippen molar-refractivity contribution in [3.63, 3.8) is 0 Å². The Kier molecular flexibility index (Phi) is 8.17. The molecule has 0 unspecified atom stereocenters. The van der Waals surface area contributed by atoms with Gasteiger partial charge in [0.1, 0.15) is 17.3 Å². The zero-order chi connectivity index (χ0) is 33.9. The van der Waals surface area contributed by atoms with Crippen molar-refractivity contribution in [2.75, 3.05) is 30.8 Å². The third-order valence-electron chi connectivity index (χ3n) is 7.47. The van der Waals surface area contributed by atoms with E-state index in [0.717, 1.165) is 35.6 Å². The molecular formula is C29H24F6N6O4S. The molecule has 17 heteroatoms. The van der Waals surface area contributed by atoms with Gasteiger partial charge < -0.3 is 9.80 Å². The van der Waals surface area contributed by atoms with Crippen molar-refractivity contribution in [2.24, 2.45) is 0 Å². The third-order valence-corrected chi connectivity index (χ3v) is 8.60. The van der Waals surface area contributed by atoms with Crippen molar-refractivity contribution in [2.45, 2.75) is 31.0 Å². The molecule has 1 atom stereocenters. The van der Waals surface area contributed by atoms with Gasteiger partial charge in [0.25, 0.3) is 5.91 Å². The highest BCUT2D eigenvalue weighted by Gasteiger charge is 2.37. The van der Waals surface area contributed by atoms with Crippen molar-refractivity contribution < 1.29 is 39.6 Å². The molecule has 1 saturated heterocycles. The molecule has 1 aliphatic rings. The van der Waals surface area contributed by atoms with Crippen molar-refractivity contribution >= 4 is 32.6 Å². The molecule has 5 rings (SSSR count). The zero-order valence-electron chi connectivity index (χ0n) is 24.4. The molecule has 4 heterocycles. The Hall–Kier alpha value is -4.80. The molecule has 1 fully saturated rings. The van der Waals surface area contributed by atoms with Crippen molar-refractivity contribution in [1.29, 1.82) is 0 Å². The number of carbonyl (C=O) groups excluding carboxylic acids is 1. The first-order valence-electron chi connectivity index (χ1n) is 13.5. The number of anilines is 1. The first kappa shape index (κ1) is 32.6. The minimum atomic E-state index is -5.13. The van der Waals surface area contributed by atoms with E-state index in [4.69, 9.17) is 0 Å². The SMILES string of the molecule is C=C(F)C(=O)N1CCN(c2nc(=O)n(-c3c(S(C)(=O)=O)ccnc3C)c3nc(-c4c(F)cccc4C(F)(F)F)c(F)cc23)[C@@H](C)C1. The molecule has 0 saturated carbocycles. The van der Waals surface area contributed by atoms with E-state index in [-0.39, 0.29) is 42.2 Å². The van der Waals surface area contributed by atoms with Crippen LogP contribution in [0, 0.1) is 18.6 Å². The number of fused-ring (bicyclic) bond motifs is 1. The van der Waals surface area contributed by atoms with Crippen LogP contribution in [0.25, 0.3) is 28.0 Å². The summed E-state index contributed by atoms with van der Waals surface area (Å²) in [6.07, 6.45) is -3.13. The molecular weight excluding hydrogens is 642 g/mol. The molecule has 0 radical (unpaired) electrons. The smallest absolute Gasteiger partial charge is 0.350 e. The standard InChI is InChI=1S/C29H24F6N6O4S/c1-14-13-39(27(42)15(2)30)10-11-40(14)25-17-12-20(32)23(22-18(29(33,34)35)6-5-7-19(22)31)37-26(17)41(28(43)38-25)24-16(3)36-9-8-21(24)46(4,44)45/h5-9,12,14H,2,10-11,13H2,1,3-4H3/t14-/m0/s1. The van der Waals surface area contributed by atoms with Crippen LogP contribution < -0.4 is 10.6 Å². The van der Waals surface area contributed by atoms with E-state index in [1.54, 1.807) is 6.92 Å². The van der Waals surface area contributed by atoms with E-state index in [1.807, 2.05) is 0 Å². The number of nitrogens with zero attached hydrogens (tertiary/aromatic N) is 6. The van der Waals surface area contributed by atoms with E-state index in [2.05, 4.69) is 21.5 Å². The average molecular weight is 667 g/mol. The number of hydrogen-bond acceptors (Lipinski definition) is 8. The molecule has 0 spiro atoms. The van der Waals surface area contributed by atoms with Gasteiger partial charge in [0.15, 0.2) is 27.1 Å². The lowest BCUT2D eigenvalue weighted by atomic mass is 10.0. The molecule has 0 aliphatic carbocycles. The van der Waals surface area contributed by atoms with E-state index in [0.29, 0.717) is 16.7 Å². The highest BCUT2D eigenvalue weighted by molar-refractivity contribution is 7.90. The van der Waals surface area contributed by atoms with Crippen molar-refractivity contribution in [1.82, 2.24) is 24.4 Å². The maximum atomic E-state index is 15.9. The van der Waals surface area contributed by atoms with Crippen molar-refractivity contribution in [3.05, 3.63) is 82.3 Å². The van der Waals surface area contributed by atoms with Crippen LogP contribution in [0.4, 0.5) is 32.2 Å². The molecule has 1 amide bonds. The predicted octanol–water partition coefficient (Wildman–Crippen LogP) is 4.37. The van der Waals surface area contributed by atoms with Gasteiger partial charge in [-0.25, -0.2) is 35.9 Å². The summed E-state index contributed by atoms with van der Waals surface area (Å²) in [5.41, 5.74) is -5.96. The number of hydrogen-bond donors (Lipinski definition) is 0. The van der Waals surface area contributed by atoms with Crippen LogP contribution in [0.1, 0.15) is 18.2 Å². The average Bonchev–Trinajstić information content (AvgIpc) is 2.96. The van der Waals surface area contributed by atoms with E-state index in [9.17, 15) is 35.6 Å². The van der Waals surface area contributed by atoms with Gasteiger partial charge in [-0.3, -0.25) is 9.78 Å². The first-order chi connectivity index (χ1) is 21.4. The number of alkyl halides is 3. The largest absolute Gasteiger partial charge is 0.417 e. The van der Waals surface area contributed by atoms with Gasteiger partial charge in [-0.05, 0) is 38.1 Å². The Morgan fingerprint density at radius 1 is 1.09 bits per heavy atom. The summed E-state index contributed by atoms with van der Waals surface area (Å²) < 4.78 is 113. The number of aromatic nitrogens is 4. The Morgan fingerprint density at radius 3 is 2.39 bits per heavy atom. The minimum absolute atomic E-state index is 0.0256. The van der Waals surface area contributed by atoms with Crippen LogP contribution in [-0.2, 0) is 20.8 Å². The molecule has 242 valence electrons. The second-order valence-electron chi connectivity index (χ2n) is 10.6. The maximum Gasteiger partial charge on any atom is 0.417 e. The Labute approximate surface area is 257 Å². The second-order valence-corrected chi connectivity index (χ2v) is 12.6. The maximum absolute atomic E-state index is 15.9. The summed E-state index contributed by atoms with van der Waals surface area (Å²) >= 11 is 0. The van der Waals surface area contributed by atoms with Gasteiger partial charge in [-0.1, -0.05) is 12.6 Å². The Balaban J connectivity index is 1.87. The van der Waals surface area contributed by atoms with Crippen LogP contribution in [0.3, 0.4) is 0 Å². The normalized spacial score (nSPS) is 15.8. The van der Waals surface area contributed by atoms with Crippen LogP contribution >= 0.6 is 0 Å². The van der Waals surface area contributed by atoms with E-state index in [1.165, 1.54) is 11.8 Å². The fourth-order valence-electron chi connectivity index (χ4n) is 5.44. The molecule has 0 bridgehead atoms. The zero-order valence-corrected chi connectivity index (χ0v) is 25.2. The molecule has 4 aromatic rings. The first-order valence-corrected chi connectivity index (χ1v) is 15.4. The van der Waals surface area contributed by atoms with Crippen LogP contribution in [0.15, 0.2) is 58.6 Å². The van der Waals surface area contributed by atoms with E-state index >= 15 is 8.78 Å². The number of halogens is 6. The molecule has 0 N–H and O–H groups in total. The van der Waals surface area contributed by atoms with Gasteiger partial charge in [-0.15, -0.1) is 0 Å². The predicted molar refractivity (Wildman–Crippen MR) is 155 cm³/mol. The lowest BCUT2D eigenvalue weighted by molar-refractivity contribution is -0.137. The highest BCUT2D eigenvalue weighted by Crippen LogP contribution is 2.40. The topological polar surface area (TPSA) is 118 Å². The monoisotopic (exact) mass is 666 g/mol. The number of benzene rings is 1. The Bertz CT molecular complexity index is 2100. The number of pyridine rings is 2. The molecule has 1 aliphatic heterocycles. The van der Waals surface area contributed by atoms with Crippen LogP contribution in [0.5, 0.6) is 0 Å². The molecule has 46 heavy (non-hydrogen) atoms. The van der Waals surface area contributed by atoms with Crippen LogP contribution in [0.2, 0.25) is 0 Å². The Morgan fingerprint density at radius 2 is 1.78 bits per heavy atom. The lowest BCUT2D eigenvalue weighted by Crippen LogP contribution is -2.54. The number of sulfone groups is 1. The minimum Gasteiger partial charge on any atom is -0.350 e. The van der Waals surface area contributed by atoms with Gasteiger partial charge in [0.05, 0.1) is 32.8 Å². The number of carbonyl (C=O) groups is 1. The fraction of sp³-hybridized carbons (Fsp3) is 0.276. The summed E-state index contributed by atoms with van der Waals surface area (Å²) in [7, 11) is -4.08. The molecule has 1 aromatic carbocycles. The highest BCUT2D eigenvalue weighted by atomic mass is 32.2. The number of amides is 1. The lowest BCUT2D eigenvalue weighted by Gasteiger charge is -2.40. The number of aryl methyl sites for hydroxylation is 1. The molecule has 10 nitrogen and oxygen atoms in total. The van der Waals surface area contributed by atoms with Gasteiger partial charge in [0.2, 0.25) is 0 Å². The summed E-state index contributed by atoms with van der Waals surface area (Å²) in [4.78, 5) is 40.4. The summed E-state index contributed by atoms with van der Waals surface area (Å²) in [6.45, 7) is 5.75. The summed E-state index contributed by atoms with van der Waals surface area (Å²) in [5, 5.41) is -0.255. The molecule has 3 aromatic heterocycles.